The predicted octanol–water partition coefficient (Wildman–Crippen LogP) is 2.69. The Kier molecular flexibility index (Phi) is 3.04. The molecule has 0 saturated heterocycles. The van der Waals surface area contributed by atoms with Crippen LogP contribution in [0.15, 0.2) is 47.0 Å². The van der Waals surface area contributed by atoms with Crippen molar-refractivity contribution in [3.63, 3.8) is 0 Å². The molecule has 0 bridgehead atoms. The first-order valence-electron chi connectivity index (χ1n) is 7.02. The standard InChI is InChI=1S/C16H13N5O2/c1-21-14-9-10(6-7-13(14)18-20-21)15-17-16(23-19-15)11-4-3-5-12(8-11)22-2/h3-9H,1-2H3. The first-order valence-corrected chi connectivity index (χ1v) is 7.02. The highest BCUT2D eigenvalue weighted by atomic mass is 16.5. The third-order valence-corrected chi connectivity index (χ3v) is 3.61. The van der Waals surface area contributed by atoms with Crippen LogP contribution < -0.4 is 4.74 Å². The lowest BCUT2D eigenvalue weighted by molar-refractivity contribution is 0.413. The van der Waals surface area contributed by atoms with Gasteiger partial charge in [-0.3, -0.25) is 0 Å². The molecule has 2 aromatic heterocycles. The van der Waals surface area contributed by atoms with Gasteiger partial charge >= 0.3 is 0 Å². The number of methoxy groups -OCH3 is 1. The van der Waals surface area contributed by atoms with Crippen molar-refractivity contribution < 1.29 is 9.26 Å². The van der Waals surface area contributed by atoms with Gasteiger partial charge in [-0.2, -0.15) is 4.98 Å². The van der Waals surface area contributed by atoms with Gasteiger partial charge in [-0.25, -0.2) is 4.68 Å². The summed E-state index contributed by atoms with van der Waals surface area (Å²) in [5.74, 6) is 1.71. The summed E-state index contributed by atoms with van der Waals surface area (Å²) >= 11 is 0. The molecule has 0 radical (unpaired) electrons. The van der Waals surface area contributed by atoms with E-state index in [0.29, 0.717) is 11.7 Å². The van der Waals surface area contributed by atoms with Crippen molar-refractivity contribution in [1.29, 1.82) is 0 Å². The van der Waals surface area contributed by atoms with Crippen LogP contribution in [-0.4, -0.2) is 32.2 Å². The molecule has 2 heterocycles. The van der Waals surface area contributed by atoms with Crippen LogP contribution in [0.3, 0.4) is 0 Å². The van der Waals surface area contributed by atoms with Gasteiger partial charge in [-0.1, -0.05) is 16.4 Å². The monoisotopic (exact) mass is 307 g/mol. The molecule has 4 rings (SSSR count). The van der Waals surface area contributed by atoms with Gasteiger partial charge in [0.05, 0.1) is 12.6 Å². The van der Waals surface area contributed by atoms with Crippen LogP contribution >= 0.6 is 0 Å². The number of hydrogen-bond acceptors (Lipinski definition) is 6. The molecule has 23 heavy (non-hydrogen) atoms. The fourth-order valence-electron chi connectivity index (χ4n) is 2.38. The van der Waals surface area contributed by atoms with Crippen LogP contribution in [-0.2, 0) is 7.05 Å². The van der Waals surface area contributed by atoms with E-state index in [2.05, 4.69) is 20.5 Å². The second-order valence-electron chi connectivity index (χ2n) is 5.07. The normalized spacial score (nSPS) is 11.0. The minimum atomic E-state index is 0.446. The lowest BCUT2D eigenvalue weighted by Gasteiger charge is -1.99. The highest BCUT2D eigenvalue weighted by Crippen LogP contribution is 2.26. The molecule has 114 valence electrons. The number of aryl methyl sites for hydroxylation is 1. The van der Waals surface area contributed by atoms with E-state index in [9.17, 15) is 0 Å². The Morgan fingerprint density at radius 2 is 2.00 bits per heavy atom. The molecule has 2 aromatic carbocycles. The Morgan fingerprint density at radius 3 is 2.87 bits per heavy atom. The summed E-state index contributed by atoms with van der Waals surface area (Å²) < 4.78 is 12.3. The predicted molar refractivity (Wildman–Crippen MR) is 83.8 cm³/mol. The first-order chi connectivity index (χ1) is 11.2. The van der Waals surface area contributed by atoms with Crippen molar-refractivity contribution in [2.75, 3.05) is 7.11 Å². The lowest BCUT2D eigenvalue weighted by Crippen LogP contribution is -1.90. The van der Waals surface area contributed by atoms with Crippen molar-refractivity contribution in [1.82, 2.24) is 25.1 Å². The zero-order valence-electron chi connectivity index (χ0n) is 12.6. The summed E-state index contributed by atoms with van der Waals surface area (Å²) in [6.07, 6.45) is 0. The number of benzene rings is 2. The van der Waals surface area contributed by atoms with Gasteiger partial charge in [-0.15, -0.1) is 5.10 Å². The highest BCUT2D eigenvalue weighted by Gasteiger charge is 2.12. The van der Waals surface area contributed by atoms with Crippen LogP contribution in [0, 0.1) is 0 Å². The molecule has 0 unspecified atom stereocenters. The number of hydrogen-bond donors (Lipinski definition) is 0. The van der Waals surface area contributed by atoms with Gasteiger partial charge in [0.15, 0.2) is 0 Å². The summed E-state index contributed by atoms with van der Waals surface area (Å²) in [6.45, 7) is 0. The third kappa shape index (κ3) is 2.32. The molecule has 4 aromatic rings. The van der Waals surface area contributed by atoms with Crippen LogP contribution in [0.25, 0.3) is 33.9 Å². The zero-order chi connectivity index (χ0) is 15.8. The number of rotatable bonds is 3. The summed E-state index contributed by atoms with van der Waals surface area (Å²) in [4.78, 5) is 4.46. The zero-order valence-corrected chi connectivity index (χ0v) is 12.6. The van der Waals surface area contributed by atoms with Gasteiger partial charge in [0.25, 0.3) is 5.89 Å². The molecule has 0 aliphatic heterocycles. The Bertz CT molecular complexity index is 989. The molecular weight excluding hydrogens is 294 g/mol. The van der Waals surface area contributed by atoms with E-state index in [0.717, 1.165) is 27.9 Å². The molecule has 0 aliphatic rings. The van der Waals surface area contributed by atoms with Gasteiger partial charge in [0, 0.05) is 18.2 Å². The van der Waals surface area contributed by atoms with Crippen molar-refractivity contribution >= 4 is 11.0 Å². The van der Waals surface area contributed by atoms with Crippen LogP contribution in [0.1, 0.15) is 0 Å². The Balaban J connectivity index is 1.75. The van der Waals surface area contributed by atoms with E-state index in [-0.39, 0.29) is 0 Å². The Hall–Kier alpha value is -3.22. The van der Waals surface area contributed by atoms with E-state index < -0.39 is 0 Å². The maximum absolute atomic E-state index is 5.37. The van der Waals surface area contributed by atoms with Gasteiger partial charge in [0.1, 0.15) is 11.3 Å². The van der Waals surface area contributed by atoms with E-state index >= 15 is 0 Å². The first kappa shape index (κ1) is 13.4. The molecule has 0 aliphatic carbocycles. The quantitative estimate of drug-likeness (QED) is 0.579. The SMILES string of the molecule is COc1cccc(-c2nc(-c3ccc4nnn(C)c4c3)no2)c1. The maximum atomic E-state index is 5.37. The molecule has 0 N–H and O–H groups in total. The van der Waals surface area contributed by atoms with Crippen molar-refractivity contribution in [2.24, 2.45) is 7.05 Å². The van der Waals surface area contributed by atoms with Crippen LogP contribution in [0.5, 0.6) is 5.75 Å². The summed E-state index contributed by atoms with van der Waals surface area (Å²) in [5.41, 5.74) is 3.40. The minimum Gasteiger partial charge on any atom is -0.497 e. The maximum Gasteiger partial charge on any atom is 0.258 e. The summed E-state index contributed by atoms with van der Waals surface area (Å²) in [6, 6.07) is 13.2. The van der Waals surface area contributed by atoms with E-state index in [1.165, 1.54) is 0 Å². The smallest absolute Gasteiger partial charge is 0.258 e. The van der Waals surface area contributed by atoms with E-state index in [1.807, 2.05) is 49.5 Å². The summed E-state index contributed by atoms with van der Waals surface area (Å²) in [7, 11) is 3.46. The second-order valence-corrected chi connectivity index (χ2v) is 5.07. The van der Waals surface area contributed by atoms with Crippen molar-refractivity contribution in [3.8, 4) is 28.6 Å². The largest absolute Gasteiger partial charge is 0.497 e. The Morgan fingerprint density at radius 1 is 1.09 bits per heavy atom. The molecule has 0 saturated carbocycles. The van der Waals surface area contributed by atoms with Crippen molar-refractivity contribution in [2.45, 2.75) is 0 Å². The average molecular weight is 307 g/mol. The molecule has 7 nitrogen and oxygen atoms in total. The lowest BCUT2D eigenvalue weighted by atomic mass is 10.2. The summed E-state index contributed by atoms with van der Waals surface area (Å²) in [5, 5.41) is 12.1. The molecule has 0 atom stereocenters. The molecule has 0 spiro atoms. The van der Waals surface area contributed by atoms with Crippen LogP contribution in [0.4, 0.5) is 0 Å². The van der Waals surface area contributed by atoms with Gasteiger partial charge in [0.2, 0.25) is 5.82 Å². The van der Waals surface area contributed by atoms with E-state index in [1.54, 1.807) is 11.8 Å². The fraction of sp³-hybridized carbons (Fsp3) is 0.125. The van der Waals surface area contributed by atoms with Gasteiger partial charge in [-0.05, 0) is 36.4 Å². The number of fused-ring (bicyclic) bond motifs is 1. The van der Waals surface area contributed by atoms with Gasteiger partial charge < -0.3 is 9.26 Å². The van der Waals surface area contributed by atoms with Crippen LogP contribution in [0.2, 0.25) is 0 Å². The highest BCUT2D eigenvalue weighted by molar-refractivity contribution is 5.80. The third-order valence-electron chi connectivity index (χ3n) is 3.61. The molecule has 7 heteroatoms. The Labute approximate surface area is 131 Å². The van der Waals surface area contributed by atoms with E-state index in [4.69, 9.17) is 9.26 Å². The molecule has 0 fully saturated rings. The molecule has 0 amide bonds. The minimum absolute atomic E-state index is 0.446. The fourth-order valence-corrected chi connectivity index (χ4v) is 2.38. The number of aromatic nitrogens is 5. The number of ether oxygens (including phenoxy) is 1. The number of nitrogens with zero attached hydrogens (tertiary/aromatic N) is 5. The second kappa shape index (κ2) is 5.20. The van der Waals surface area contributed by atoms with Crippen molar-refractivity contribution in [3.05, 3.63) is 42.5 Å². The molecular formula is C16H13N5O2. The topological polar surface area (TPSA) is 78.9 Å². The average Bonchev–Trinajstić information content (AvgIpc) is 3.22.